The number of aryl methyl sites for hydroxylation is 1. The average molecular weight is 266 g/mol. The summed E-state index contributed by atoms with van der Waals surface area (Å²) in [6.07, 6.45) is 3.68. The van der Waals surface area contributed by atoms with Gasteiger partial charge in [-0.05, 0) is 44.0 Å². The molecule has 3 rings (SSSR count). The van der Waals surface area contributed by atoms with Crippen molar-refractivity contribution >= 4 is 23.4 Å². The lowest BCUT2D eigenvalue weighted by molar-refractivity contribution is 0.365. The van der Waals surface area contributed by atoms with Crippen LogP contribution in [0.5, 0.6) is 0 Å². The molecule has 0 spiro atoms. The van der Waals surface area contributed by atoms with Crippen LogP contribution in [-0.4, -0.2) is 22.6 Å². The van der Waals surface area contributed by atoms with Gasteiger partial charge in [0.15, 0.2) is 0 Å². The number of piperidine rings is 1. The second-order valence-corrected chi connectivity index (χ2v) is 4.97. The fraction of sp³-hybridized carbons (Fsp3) is 0.500. The number of aromatic nitrogens is 2. The van der Waals surface area contributed by atoms with Gasteiger partial charge in [0.2, 0.25) is 0 Å². The van der Waals surface area contributed by atoms with E-state index in [9.17, 15) is 0 Å². The fourth-order valence-corrected chi connectivity index (χ4v) is 2.72. The van der Waals surface area contributed by atoms with E-state index in [4.69, 9.17) is 4.98 Å². The molecule has 0 radical (unpaired) electrons. The molecule has 1 aromatic heterocycles. The quantitative estimate of drug-likeness (QED) is 0.904. The molecule has 2 aromatic rings. The van der Waals surface area contributed by atoms with Gasteiger partial charge in [0.25, 0.3) is 0 Å². The van der Waals surface area contributed by atoms with Gasteiger partial charge in [0.05, 0.1) is 11.0 Å². The fourth-order valence-electron chi connectivity index (χ4n) is 2.72. The van der Waals surface area contributed by atoms with Crippen LogP contribution >= 0.6 is 12.4 Å². The van der Waals surface area contributed by atoms with Crippen molar-refractivity contribution in [1.29, 1.82) is 0 Å². The highest BCUT2D eigenvalue weighted by Crippen LogP contribution is 2.20. The number of nitrogens with one attached hydrogen (secondary N) is 1. The summed E-state index contributed by atoms with van der Waals surface area (Å²) in [7, 11) is 2.13. The van der Waals surface area contributed by atoms with Crippen LogP contribution in [0.1, 0.15) is 18.7 Å². The molecule has 1 aromatic carbocycles. The summed E-state index contributed by atoms with van der Waals surface area (Å²) in [4.78, 5) is 4.75. The SMILES string of the molecule is Cl.Cn1c(CC2CCNCC2)nc2ccccc21. The van der Waals surface area contributed by atoms with Crippen molar-refractivity contribution in [2.75, 3.05) is 13.1 Å². The molecule has 0 unspecified atom stereocenters. The van der Waals surface area contributed by atoms with Crippen molar-refractivity contribution < 1.29 is 0 Å². The summed E-state index contributed by atoms with van der Waals surface area (Å²) in [5, 5.41) is 3.41. The van der Waals surface area contributed by atoms with Gasteiger partial charge in [0, 0.05) is 13.5 Å². The molecule has 0 atom stereocenters. The highest BCUT2D eigenvalue weighted by atomic mass is 35.5. The monoisotopic (exact) mass is 265 g/mol. The minimum atomic E-state index is 0. The summed E-state index contributed by atoms with van der Waals surface area (Å²) in [6, 6.07) is 8.39. The average Bonchev–Trinajstić information content (AvgIpc) is 2.68. The maximum absolute atomic E-state index is 4.75. The van der Waals surface area contributed by atoms with Gasteiger partial charge in [-0.25, -0.2) is 4.98 Å². The number of benzene rings is 1. The van der Waals surface area contributed by atoms with Crippen molar-refractivity contribution in [2.45, 2.75) is 19.3 Å². The first-order chi connectivity index (χ1) is 8.34. The van der Waals surface area contributed by atoms with E-state index in [0.717, 1.165) is 30.9 Å². The number of hydrogen-bond acceptors (Lipinski definition) is 2. The number of para-hydroxylation sites is 2. The number of fused-ring (bicyclic) bond motifs is 1. The molecule has 0 saturated carbocycles. The van der Waals surface area contributed by atoms with Gasteiger partial charge in [0.1, 0.15) is 5.82 Å². The second-order valence-electron chi connectivity index (χ2n) is 4.97. The van der Waals surface area contributed by atoms with Gasteiger partial charge in [-0.3, -0.25) is 0 Å². The van der Waals surface area contributed by atoms with Gasteiger partial charge in [-0.15, -0.1) is 12.4 Å². The van der Waals surface area contributed by atoms with Crippen LogP contribution in [0.25, 0.3) is 11.0 Å². The molecule has 0 amide bonds. The third kappa shape index (κ3) is 2.52. The van der Waals surface area contributed by atoms with Crippen LogP contribution in [0.4, 0.5) is 0 Å². The molecule has 1 aliphatic heterocycles. The topological polar surface area (TPSA) is 29.9 Å². The summed E-state index contributed by atoms with van der Waals surface area (Å²) < 4.78 is 2.25. The Labute approximate surface area is 114 Å². The summed E-state index contributed by atoms with van der Waals surface area (Å²) in [5.41, 5.74) is 2.37. The smallest absolute Gasteiger partial charge is 0.109 e. The van der Waals surface area contributed by atoms with Crippen molar-refractivity contribution in [1.82, 2.24) is 14.9 Å². The molecule has 3 nitrogen and oxygen atoms in total. The van der Waals surface area contributed by atoms with E-state index in [1.165, 1.54) is 24.2 Å². The van der Waals surface area contributed by atoms with Crippen LogP contribution in [0.3, 0.4) is 0 Å². The molecule has 18 heavy (non-hydrogen) atoms. The lowest BCUT2D eigenvalue weighted by Gasteiger charge is -2.22. The van der Waals surface area contributed by atoms with Gasteiger partial charge < -0.3 is 9.88 Å². The molecule has 0 bridgehead atoms. The van der Waals surface area contributed by atoms with Crippen molar-refractivity contribution in [2.24, 2.45) is 13.0 Å². The first kappa shape index (κ1) is 13.4. The van der Waals surface area contributed by atoms with E-state index < -0.39 is 0 Å². The van der Waals surface area contributed by atoms with Crippen molar-refractivity contribution in [3.63, 3.8) is 0 Å². The van der Waals surface area contributed by atoms with Crippen LogP contribution in [0.15, 0.2) is 24.3 Å². The number of rotatable bonds is 2. The molecule has 4 heteroatoms. The maximum Gasteiger partial charge on any atom is 0.109 e. The molecule has 1 aliphatic rings. The Balaban J connectivity index is 0.00000120. The van der Waals surface area contributed by atoms with E-state index in [2.05, 4.69) is 41.2 Å². The summed E-state index contributed by atoms with van der Waals surface area (Å²) in [5.74, 6) is 2.03. The van der Waals surface area contributed by atoms with E-state index in [1.54, 1.807) is 0 Å². The summed E-state index contributed by atoms with van der Waals surface area (Å²) in [6.45, 7) is 2.32. The molecule has 1 N–H and O–H groups in total. The predicted molar refractivity (Wildman–Crippen MR) is 77.3 cm³/mol. The minimum absolute atomic E-state index is 0. The van der Waals surface area contributed by atoms with Gasteiger partial charge in [-0.1, -0.05) is 12.1 Å². The van der Waals surface area contributed by atoms with E-state index in [0.29, 0.717) is 0 Å². The first-order valence-corrected chi connectivity index (χ1v) is 6.45. The van der Waals surface area contributed by atoms with Crippen molar-refractivity contribution in [3.8, 4) is 0 Å². The first-order valence-electron chi connectivity index (χ1n) is 6.45. The Hall–Kier alpha value is -1.06. The maximum atomic E-state index is 4.75. The largest absolute Gasteiger partial charge is 0.331 e. The normalized spacial score (nSPS) is 16.7. The van der Waals surface area contributed by atoms with Crippen LogP contribution in [0, 0.1) is 5.92 Å². The zero-order valence-corrected chi connectivity index (χ0v) is 11.5. The van der Waals surface area contributed by atoms with Gasteiger partial charge in [-0.2, -0.15) is 0 Å². The van der Waals surface area contributed by atoms with Gasteiger partial charge >= 0.3 is 0 Å². The van der Waals surface area contributed by atoms with E-state index in [-0.39, 0.29) is 12.4 Å². The van der Waals surface area contributed by atoms with Crippen LogP contribution < -0.4 is 5.32 Å². The Morgan fingerprint density at radius 3 is 2.72 bits per heavy atom. The van der Waals surface area contributed by atoms with Crippen LogP contribution in [0.2, 0.25) is 0 Å². The number of imidazole rings is 1. The third-order valence-electron chi connectivity index (χ3n) is 3.81. The lowest BCUT2D eigenvalue weighted by Crippen LogP contribution is -2.29. The zero-order chi connectivity index (χ0) is 11.7. The molecule has 98 valence electrons. The van der Waals surface area contributed by atoms with E-state index in [1.807, 2.05) is 0 Å². The second kappa shape index (κ2) is 5.72. The Kier molecular flexibility index (Phi) is 4.25. The number of nitrogens with zero attached hydrogens (tertiary/aromatic N) is 2. The third-order valence-corrected chi connectivity index (χ3v) is 3.81. The molecular weight excluding hydrogens is 246 g/mol. The minimum Gasteiger partial charge on any atom is -0.331 e. The highest BCUT2D eigenvalue weighted by Gasteiger charge is 2.16. The van der Waals surface area contributed by atoms with Crippen molar-refractivity contribution in [3.05, 3.63) is 30.1 Å². The Morgan fingerprint density at radius 1 is 1.28 bits per heavy atom. The Bertz CT molecular complexity index is 515. The predicted octanol–water partition coefficient (Wildman–Crippen LogP) is 2.54. The molecule has 1 saturated heterocycles. The van der Waals surface area contributed by atoms with Crippen LogP contribution in [-0.2, 0) is 13.5 Å². The lowest BCUT2D eigenvalue weighted by atomic mass is 9.94. The molecule has 2 heterocycles. The van der Waals surface area contributed by atoms with E-state index >= 15 is 0 Å². The standard InChI is InChI=1S/C14H19N3.ClH/c1-17-13-5-3-2-4-12(13)16-14(17)10-11-6-8-15-9-7-11;/h2-5,11,15H,6-10H2,1H3;1H. The Morgan fingerprint density at radius 2 is 2.00 bits per heavy atom. The number of halogens is 1. The molecular formula is C14H20ClN3. The summed E-state index contributed by atoms with van der Waals surface area (Å²) >= 11 is 0. The highest BCUT2D eigenvalue weighted by molar-refractivity contribution is 5.85. The molecule has 0 aliphatic carbocycles. The zero-order valence-electron chi connectivity index (χ0n) is 10.7. The number of hydrogen-bond donors (Lipinski definition) is 1. The molecule has 1 fully saturated rings.